The van der Waals surface area contributed by atoms with Crippen LogP contribution in [0, 0.1) is 12.7 Å². The molecule has 0 aliphatic carbocycles. The molecule has 0 fully saturated rings. The van der Waals surface area contributed by atoms with E-state index in [4.69, 9.17) is 5.73 Å². The topological polar surface area (TPSA) is 84.2 Å². The van der Waals surface area contributed by atoms with Gasteiger partial charge in [-0.15, -0.1) is 0 Å². The van der Waals surface area contributed by atoms with E-state index in [1.165, 1.54) is 12.1 Å². The second kappa shape index (κ2) is 8.10. The lowest BCUT2D eigenvalue weighted by Gasteiger charge is -2.19. The molecule has 1 unspecified atom stereocenters. The van der Waals surface area contributed by atoms with Gasteiger partial charge in [-0.2, -0.15) is 0 Å². The third-order valence-corrected chi connectivity index (χ3v) is 3.67. The molecule has 5 nitrogen and oxygen atoms in total. The smallest absolute Gasteiger partial charge is 0.312 e. The zero-order valence-electron chi connectivity index (χ0n) is 13.4. The molecule has 0 aromatic heterocycles. The summed E-state index contributed by atoms with van der Waals surface area (Å²) in [5.41, 5.74) is 7.81. The van der Waals surface area contributed by atoms with Crippen LogP contribution in [-0.2, 0) is 11.3 Å². The van der Waals surface area contributed by atoms with Crippen LogP contribution in [0.3, 0.4) is 0 Å². The maximum Gasteiger partial charge on any atom is 0.312 e. The summed E-state index contributed by atoms with van der Waals surface area (Å²) in [6, 6.07) is 12.2. The number of hydrogen-bond acceptors (Lipinski definition) is 2. The number of nitrogens with two attached hydrogens (primary N) is 1. The zero-order valence-corrected chi connectivity index (χ0v) is 13.4. The van der Waals surface area contributed by atoms with E-state index < -0.39 is 12.1 Å². The number of amides is 3. The first kappa shape index (κ1) is 17.5. The summed E-state index contributed by atoms with van der Waals surface area (Å²) in [5.74, 6) is -0.559. The molecule has 0 spiro atoms. The van der Waals surface area contributed by atoms with Gasteiger partial charge in [-0.25, -0.2) is 9.18 Å². The van der Waals surface area contributed by atoms with Gasteiger partial charge in [-0.1, -0.05) is 36.4 Å². The highest BCUT2D eigenvalue weighted by Gasteiger charge is 2.18. The Morgan fingerprint density at radius 2 is 1.79 bits per heavy atom. The Bertz CT molecular complexity index is 716. The lowest BCUT2D eigenvalue weighted by Crippen LogP contribution is -2.36. The Kier molecular flexibility index (Phi) is 5.89. The summed E-state index contributed by atoms with van der Waals surface area (Å²) in [5, 5.41) is 5.36. The summed E-state index contributed by atoms with van der Waals surface area (Å²) < 4.78 is 12.9. The van der Waals surface area contributed by atoms with E-state index in [0.717, 1.165) is 16.7 Å². The number of aryl methyl sites for hydroxylation is 1. The first-order valence-corrected chi connectivity index (χ1v) is 7.58. The molecule has 4 N–H and O–H groups in total. The standard InChI is InChI=1S/C18H20FN3O2/c1-12-4-2-3-5-15(12)16(22-18(20)24)10-17(23)21-11-13-6-8-14(19)9-7-13/h2-9,16H,10-11H2,1H3,(H,21,23)(H3,20,22,24). The highest BCUT2D eigenvalue weighted by atomic mass is 19.1. The number of rotatable bonds is 6. The first-order chi connectivity index (χ1) is 11.5. The highest BCUT2D eigenvalue weighted by molar-refractivity contribution is 5.78. The van der Waals surface area contributed by atoms with E-state index in [-0.39, 0.29) is 24.7 Å². The van der Waals surface area contributed by atoms with Crippen LogP contribution in [0.5, 0.6) is 0 Å². The minimum absolute atomic E-state index is 0.0645. The molecule has 3 amide bonds. The molecule has 6 heteroatoms. The number of nitrogens with one attached hydrogen (secondary N) is 2. The molecule has 1 atom stereocenters. The van der Waals surface area contributed by atoms with Crippen molar-refractivity contribution in [3.63, 3.8) is 0 Å². The van der Waals surface area contributed by atoms with Crippen molar-refractivity contribution in [1.82, 2.24) is 10.6 Å². The van der Waals surface area contributed by atoms with Crippen LogP contribution in [0.2, 0.25) is 0 Å². The van der Waals surface area contributed by atoms with E-state index in [2.05, 4.69) is 10.6 Å². The molecule has 0 saturated heterocycles. The molecule has 0 aliphatic rings. The predicted molar refractivity (Wildman–Crippen MR) is 89.5 cm³/mol. The third-order valence-electron chi connectivity index (χ3n) is 3.67. The van der Waals surface area contributed by atoms with E-state index in [0.29, 0.717) is 0 Å². The van der Waals surface area contributed by atoms with Crippen molar-refractivity contribution in [1.29, 1.82) is 0 Å². The average Bonchev–Trinajstić information content (AvgIpc) is 2.54. The van der Waals surface area contributed by atoms with Crippen LogP contribution in [0.4, 0.5) is 9.18 Å². The molecule has 2 aromatic carbocycles. The number of benzene rings is 2. The van der Waals surface area contributed by atoms with Crippen molar-refractivity contribution >= 4 is 11.9 Å². The van der Waals surface area contributed by atoms with Crippen molar-refractivity contribution in [3.8, 4) is 0 Å². The van der Waals surface area contributed by atoms with Crippen LogP contribution in [0.15, 0.2) is 48.5 Å². The van der Waals surface area contributed by atoms with Crippen molar-refractivity contribution in [2.24, 2.45) is 5.73 Å². The van der Waals surface area contributed by atoms with Crippen LogP contribution in [-0.4, -0.2) is 11.9 Å². The maximum atomic E-state index is 12.9. The van der Waals surface area contributed by atoms with Crippen LogP contribution in [0.25, 0.3) is 0 Å². The maximum absolute atomic E-state index is 12.9. The SMILES string of the molecule is Cc1ccccc1C(CC(=O)NCc1ccc(F)cc1)NC(N)=O. The lowest BCUT2D eigenvalue weighted by atomic mass is 9.98. The summed E-state index contributed by atoms with van der Waals surface area (Å²) in [6.45, 7) is 2.19. The summed E-state index contributed by atoms with van der Waals surface area (Å²) in [7, 11) is 0. The quantitative estimate of drug-likeness (QED) is 0.761. The molecule has 0 saturated carbocycles. The third kappa shape index (κ3) is 5.08. The van der Waals surface area contributed by atoms with Gasteiger partial charge in [-0.3, -0.25) is 4.79 Å². The van der Waals surface area contributed by atoms with Crippen molar-refractivity contribution < 1.29 is 14.0 Å². The van der Waals surface area contributed by atoms with Gasteiger partial charge >= 0.3 is 6.03 Å². The first-order valence-electron chi connectivity index (χ1n) is 7.58. The van der Waals surface area contributed by atoms with E-state index in [1.54, 1.807) is 12.1 Å². The Balaban J connectivity index is 2.00. The minimum Gasteiger partial charge on any atom is -0.352 e. The molecule has 126 valence electrons. The van der Waals surface area contributed by atoms with E-state index >= 15 is 0 Å². The second-order valence-electron chi connectivity index (χ2n) is 5.53. The summed E-state index contributed by atoms with van der Waals surface area (Å²) >= 11 is 0. The molecule has 24 heavy (non-hydrogen) atoms. The molecule has 0 radical (unpaired) electrons. The number of carbonyl (C=O) groups is 2. The Labute approximate surface area is 140 Å². The average molecular weight is 329 g/mol. The fourth-order valence-corrected chi connectivity index (χ4v) is 2.45. The largest absolute Gasteiger partial charge is 0.352 e. The van der Waals surface area contributed by atoms with Gasteiger partial charge in [0.05, 0.1) is 12.5 Å². The van der Waals surface area contributed by atoms with Gasteiger partial charge in [0.15, 0.2) is 0 Å². The van der Waals surface area contributed by atoms with Gasteiger partial charge < -0.3 is 16.4 Å². The molecule has 0 heterocycles. The molecule has 0 bridgehead atoms. The monoisotopic (exact) mass is 329 g/mol. The number of urea groups is 1. The summed E-state index contributed by atoms with van der Waals surface area (Å²) in [6.07, 6.45) is 0.0645. The van der Waals surface area contributed by atoms with Gasteiger partial charge in [-0.05, 0) is 35.7 Å². The van der Waals surface area contributed by atoms with E-state index in [1.807, 2.05) is 31.2 Å². The Hall–Kier alpha value is -2.89. The van der Waals surface area contributed by atoms with Crippen molar-refractivity contribution in [2.45, 2.75) is 25.9 Å². The second-order valence-corrected chi connectivity index (χ2v) is 5.53. The van der Waals surface area contributed by atoms with Gasteiger partial charge in [0.25, 0.3) is 0 Å². The summed E-state index contributed by atoms with van der Waals surface area (Å²) in [4.78, 5) is 23.4. The van der Waals surface area contributed by atoms with Crippen LogP contribution < -0.4 is 16.4 Å². The molecular weight excluding hydrogens is 309 g/mol. The molecular formula is C18H20FN3O2. The van der Waals surface area contributed by atoms with Crippen LogP contribution >= 0.6 is 0 Å². The lowest BCUT2D eigenvalue weighted by molar-refractivity contribution is -0.121. The fourth-order valence-electron chi connectivity index (χ4n) is 2.45. The number of hydrogen-bond donors (Lipinski definition) is 3. The molecule has 2 aromatic rings. The van der Waals surface area contributed by atoms with Crippen molar-refractivity contribution in [3.05, 3.63) is 71.0 Å². The zero-order chi connectivity index (χ0) is 17.5. The molecule has 0 aliphatic heterocycles. The van der Waals surface area contributed by atoms with Gasteiger partial charge in [0.1, 0.15) is 5.82 Å². The number of primary amides is 1. The van der Waals surface area contributed by atoms with Crippen molar-refractivity contribution in [2.75, 3.05) is 0 Å². The Morgan fingerprint density at radius 3 is 2.42 bits per heavy atom. The van der Waals surface area contributed by atoms with Gasteiger partial charge in [0.2, 0.25) is 5.91 Å². The Morgan fingerprint density at radius 1 is 1.12 bits per heavy atom. The fraction of sp³-hybridized carbons (Fsp3) is 0.222. The number of carbonyl (C=O) groups excluding carboxylic acids is 2. The minimum atomic E-state index is -0.686. The molecule has 2 rings (SSSR count). The van der Waals surface area contributed by atoms with Gasteiger partial charge in [0, 0.05) is 6.54 Å². The van der Waals surface area contributed by atoms with Crippen LogP contribution in [0.1, 0.15) is 29.2 Å². The highest BCUT2D eigenvalue weighted by Crippen LogP contribution is 2.20. The number of halogens is 1. The predicted octanol–water partition coefficient (Wildman–Crippen LogP) is 2.55. The normalized spacial score (nSPS) is 11.6. The van der Waals surface area contributed by atoms with E-state index in [9.17, 15) is 14.0 Å².